The second-order valence-corrected chi connectivity index (χ2v) is 8.63. The van der Waals surface area contributed by atoms with Gasteiger partial charge in [-0.05, 0) is 30.3 Å². The average Bonchev–Trinajstić information content (AvgIpc) is 3.21. The van der Waals surface area contributed by atoms with E-state index < -0.39 is 16.1 Å². The standard InChI is InChI=1S/C18H23ClN2O6S/c19-17-10-16(28(23,24)21-5-8-25-9-6-21)3-4-18(17)27-13-14(22)11-20-12-15-2-1-7-26-15/h1-4,7,10,14,20,22H,5-6,8-9,11-13H2/t14-/m0/s1. The van der Waals surface area contributed by atoms with Crippen molar-refractivity contribution in [3.63, 3.8) is 0 Å². The van der Waals surface area contributed by atoms with Gasteiger partial charge in [-0.25, -0.2) is 8.42 Å². The summed E-state index contributed by atoms with van der Waals surface area (Å²) in [5, 5.41) is 13.2. The first-order valence-corrected chi connectivity index (χ1v) is 10.7. The Hall–Kier alpha value is -1.62. The molecule has 28 heavy (non-hydrogen) atoms. The second kappa shape index (κ2) is 9.73. The van der Waals surface area contributed by atoms with Gasteiger partial charge in [0.2, 0.25) is 10.0 Å². The Morgan fingerprint density at radius 2 is 2.07 bits per heavy atom. The summed E-state index contributed by atoms with van der Waals surface area (Å²) in [5.74, 6) is 1.08. The number of aliphatic hydroxyl groups excluding tert-OH is 1. The summed E-state index contributed by atoms with van der Waals surface area (Å²) in [7, 11) is -3.62. The van der Waals surface area contributed by atoms with Gasteiger partial charge in [0, 0.05) is 19.6 Å². The van der Waals surface area contributed by atoms with Crippen molar-refractivity contribution < 1.29 is 27.4 Å². The van der Waals surface area contributed by atoms with E-state index >= 15 is 0 Å². The van der Waals surface area contributed by atoms with Crippen LogP contribution in [-0.4, -0.2) is 63.4 Å². The molecule has 0 spiro atoms. The summed E-state index contributed by atoms with van der Waals surface area (Å²) in [5.41, 5.74) is 0. The summed E-state index contributed by atoms with van der Waals surface area (Å²) >= 11 is 6.19. The maximum atomic E-state index is 12.6. The van der Waals surface area contributed by atoms with E-state index in [-0.39, 0.29) is 16.5 Å². The number of furan rings is 1. The number of ether oxygens (including phenoxy) is 2. The van der Waals surface area contributed by atoms with Crippen molar-refractivity contribution in [1.82, 2.24) is 9.62 Å². The minimum Gasteiger partial charge on any atom is -0.489 e. The number of rotatable bonds is 9. The lowest BCUT2D eigenvalue weighted by Crippen LogP contribution is -2.40. The molecule has 1 fully saturated rings. The number of benzene rings is 1. The average molecular weight is 431 g/mol. The number of nitrogens with zero attached hydrogens (tertiary/aromatic N) is 1. The molecule has 8 nitrogen and oxygen atoms in total. The van der Waals surface area contributed by atoms with Crippen molar-refractivity contribution in [3.8, 4) is 5.75 Å². The summed E-state index contributed by atoms with van der Waals surface area (Å²) in [4.78, 5) is 0.104. The van der Waals surface area contributed by atoms with Crippen LogP contribution in [0.5, 0.6) is 5.75 Å². The van der Waals surface area contributed by atoms with Crippen LogP contribution in [0.3, 0.4) is 0 Å². The minimum absolute atomic E-state index is 0.0143. The molecule has 1 aromatic carbocycles. The van der Waals surface area contributed by atoms with E-state index in [0.29, 0.717) is 45.1 Å². The van der Waals surface area contributed by atoms with E-state index in [1.807, 2.05) is 6.07 Å². The van der Waals surface area contributed by atoms with E-state index in [0.717, 1.165) is 5.76 Å². The molecule has 1 aliphatic rings. The van der Waals surface area contributed by atoms with E-state index in [1.54, 1.807) is 12.3 Å². The van der Waals surface area contributed by atoms with Crippen molar-refractivity contribution in [2.24, 2.45) is 0 Å². The van der Waals surface area contributed by atoms with Gasteiger partial charge >= 0.3 is 0 Å². The third-order valence-corrected chi connectivity index (χ3v) is 6.39. The molecular weight excluding hydrogens is 408 g/mol. The molecule has 2 N–H and O–H groups in total. The normalized spacial score (nSPS) is 16.8. The third kappa shape index (κ3) is 5.47. The molecule has 0 saturated carbocycles. The Morgan fingerprint density at radius 1 is 1.29 bits per heavy atom. The Labute approximate surface area is 169 Å². The monoisotopic (exact) mass is 430 g/mol. The number of aliphatic hydroxyl groups is 1. The molecule has 1 aromatic heterocycles. The van der Waals surface area contributed by atoms with Gasteiger partial charge in [0.05, 0.1) is 35.9 Å². The zero-order valence-electron chi connectivity index (χ0n) is 15.2. The summed E-state index contributed by atoms with van der Waals surface area (Å²) in [6.07, 6.45) is 0.823. The predicted octanol–water partition coefficient (Wildman–Crippen LogP) is 1.48. The van der Waals surface area contributed by atoms with E-state index in [4.69, 9.17) is 25.5 Å². The lowest BCUT2D eigenvalue weighted by Gasteiger charge is -2.26. The molecule has 1 aliphatic heterocycles. The molecule has 3 rings (SSSR count). The molecular formula is C18H23ClN2O6S. The maximum absolute atomic E-state index is 12.6. The lowest BCUT2D eigenvalue weighted by atomic mass is 10.3. The number of hydrogen-bond acceptors (Lipinski definition) is 7. The zero-order chi connectivity index (χ0) is 20.0. The molecule has 0 bridgehead atoms. The Morgan fingerprint density at radius 3 is 2.75 bits per heavy atom. The molecule has 1 saturated heterocycles. The number of morpholine rings is 1. The molecule has 10 heteroatoms. The minimum atomic E-state index is -3.62. The summed E-state index contributed by atoms with van der Waals surface area (Å²) < 4.78 is 42.6. The zero-order valence-corrected chi connectivity index (χ0v) is 16.8. The van der Waals surface area contributed by atoms with Crippen LogP contribution in [0.4, 0.5) is 0 Å². The van der Waals surface area contributed by atoms with E-state index in [9.17, 15) is 13.5 Å². The van der Waals surface area contributed by atoms with Crippen molar-refractivity contribution in [3.05, 3.63) is 47.4 Å². The van der Waals surface area contributed by atoms with Crippen LogP contribution in [0.15, 0.2) is 45.9 Å². The third-order valence-electron chi connectivity index (χ3n) is 4.20. The van der Waals surface area contributed by atoms with Gasteiger partial charge < -0.3 is 24.3 Å². The van der Waals surface area contributed by atoms with Crippen molar-refractivity contribution in [2.75, 3.05) is 39.5 Å². The van der Waals surface area contributed by atoms with Gasteiger partial charge in [0.1, 0.15) is 24.2 Å². The highest BCUT2D eigenvalue weighted by molar-refractivity contribution is 7.89. The lowest BCUT2D eigenvalue weighted by molar-refractivity contribution is 0.0730. The molecule has 0 radical (unpaired) electrons. The first-order valence-electron chi connectivity index (χ1n) is 8.88. The summed E-state index contributed by atoms with van der Waals surface area (Å²) in [6, 6.07) is 7.94. The molecule has 1 atom stereocenters. The number of halogens is 1. The van der Waals surface area contributed by atoms with Crippen LogP contribution in [-0.2, 0) is 21.3 Å². The van der Waals surface area contributed by atoms with Crippen LogP contribution in [0.25, 0.3) is 0 Å². The van der Waals surface area contributed by atoms with Crippen LogP contribution in [0, 0.1) is 0 Å². The number of nitrogens with one attached hydrogen (secondary N) is 1. The number of hydrogen-bond donors (Lipinski definition) is 2. The predicted molar refractivity (Wildman–Crippen MR) is 103 cm³/mol. The van der Waals surface area contributed by atoms with Gasteiger partial charge in [0.15, 0.2) is 0 Å². The Balaban J connectivity index is 1.52. The summed E-state index contributed by atoms with van der Waals surface area (Å²) in [6.45, 7) is 2.20. The molecule has 0 aliphatic carbocycles. The maximum Gasteiger partial charge on any atom is 0.243 e. The van der Waals surface area contributed by atoms with Crippen molar-refractivity contribution in [1.29, 1.82) is 0 Å². The molecule has 2 heterocycles. The molecule has 0 amide bonds. The molecule has 0 unspecified atom stereocenters. The second-order valence-electron chi connectivity index (χ2n) is 6.28. The fourth-order valence-electron chi connectivity index (χ4n) is 2.72. The van der Waals surface area contributed by atoms with Gasteiger partial charge in [-0.3, -0.25) is 0 Å². The van der Waals surface area contributed by atoms with E-state index in [1.165, 1.54) is 22.5 Å². The smallest absolute Gasteiger partial charge is 0.243 e. The van der Waals surface area contributed by atoms with Gasteiger partial charge in [-0.15, -0.1) is 0 Å². The first kappa shape index (κ1) is 21.1. The first-order chi connectivity index (χ1) is 13.5. The van der Waals surface area contributed by atoms with Gasteiger partial charge in [-0.2, -0.15) is 4.31 Å². The van der Waals surface area contributed by atoms with Crippen molar-refractivity contribution in [2.45, 2.75) is 17.5 Å². The van der Waals surface area contributed by atoms with Crippen LogP contribution >= 0.6 is 11.6 Å². The topological polar surface area (TPSA) is 101 Å². The molecule has 154 valence electrons. The highest BCUT2D eigenvalue weighted by Gasteiger charge is 2.27. The Bertz CT molecular complexity index is 853. The van der Waals surface area contributed by atoms with Crippen LogP contribution in [0.2, 0.25) is 5.02 Å². The van der Waals surface area contributed by atoms with E-state index in [2.05, 4.69) is 5.32 Å². The van der Waals surface area contributed by atoms with Gasteiger partial charge in [0.25, 0.3) is 0 Å². The quantitative estimate of drug-likeness (QED) is 0.621. The SMILES string of the molecule is O=S(=O)(c1ccc(OC[C@@H](O)CNCc2ccco2)c(Cl)c1)N1CCOCC1. The van der Waals surface area contributed by atoms with Crippen molar-refractivity contribution >= 4 is 21.6 Å². The highest BCUT2D eigenvalue weighted by atomic mass is 35.5. The fraction of sp³-hybridized carbons (Fsp3) is 0.444. The van der Waals surface area contributed by atoms with Crippen LogP contribution < -0.4 is 10.1 Å². The van der Waals surface area contributed by atoms with Crippen LogP contribution in [0.1, 0.15) is 5.76 Å². The van der Waals surface area contributed by atoms with Gasteiger partial charge in [-0.1, -0.05) is 11.6 Å². The Kier molecular flexibility index (Phi) is 7.33. The fourth-order valence-corrected chi connectivity index (χ4v) is 4.45. The highest BCUT2D eigenvalue weighted by Crippen LogP contribution is 2.29. The molecule has 2 aromatic rings. The number of sulfonamides is 1. The largest absolute Gasteiger partial charge is 0.489 e.